The molecule has 14 heavy (non-hydrogen) atoms. The zero-order chi connectivity index (χ0) is 9.97. The van der Waals surface area contributed by atoms with Gasteiger partial charge in [0.05, 0.1) is 18.1 Å². The third kappa shape index (κ3) is 1.54. The number of urea groups is 1. The summed E-state index contributed by atoms with van der Waals surface area (Å²) < 4.78 is 0. The fraction of sp³-hybridized carbons (Fsp3) is 0.250. The number of hydrogen-bond acceptors (Lipinski definition) is 4. The number of hydrogen-bond donors (Lipinski definition) is 1. The minimum absolute atomic E-state index is 0.247. The lowest BCUT2D eigenvalue weighted by molar-refractivity contribution is -0.120. The van der Waals surface area contributed by atoms with Gasteiger partial charge in [0.15, 0.2) is 0 Å². The monoisotopic (exact) mass is 192 g/mol. The van der Waals surface area contributed by atoms with E-state index < -0.39 is 6.03 Å². The molecule has 1 aliphatic heterocycles. The van der Waals surface area contributed by atoms with E-state index in [2.05, 4.69) is 15.3 Å². The Morgan fingerprint density at radius 2 is 2.00 bits per heavy atom. The van der Waals surface area contributed by atoms with Gasteiger partial charge in [-0.1, -0.05) is 0 Å². The second-order valence-corrected chi connectivity index (χ2v) is 2.85. The second-order valence-electron chi connectivity index (χ2n) is 2.85. The summed E-state index contributed by atoms with van der Waals surface area (Å²) >= 11 is 0. The fourth-order valence-corrected chi connectivity index (χ4v) is 1.24. The molecule has 3 amide bonds. The molecule has 1 fully saturated rings. The average Bonchev–Trinajstić information content (AvgIpc) is 2.19. The molecule has 6 heteroatoms. The molecule has 0 atom stereocenters. The predicted molar refractivity (Wildman–Crippen MR) is 47.5 cm³/mol. The molecule has 2 heterocycles. The normalized spacial score (nSPS) is 16.7. The summed E-state index contributed by atoms with van der Waals surface area (Å²) in [5, 5.41) is 2.22. The highest BCUT2D eigenvalue weighted by Gasteiger charge is 2.24. The van der Waals surface area contributed by atoms with Crippen LogP contribution in [0.1, 0.15) is 6.42 Å². The summed E-state index contributed by atoms with van der Waals surface area (Å²) in [7, 11) is 0. The highest BCUT2D eigenvalue weighted by atomic mass is 16.2. The Kier molecular flexibility index (Phi) is 2.10. The number of anilines is 1. The van der Waals surface area contributed by atoms with Crippen LogP contribution in [-0.4, -0.2) is 28.5 Å². The number of rotatable bonds is 1. The first-order valence-electron chi connectivity index (χ1n) is 4.14. The van der Waals surface area contributed by atoms with Gasteiger partial charge in [-0.05, 0) is 0 Å². The molecule has 1 saturated heterocycles. The van der Waals surface area contributed by atoms with E-state index in [1.54, 1.807) is 0 Å². The van der Waals surface area contributed by atoms with E-state index in [4.69, 9.17) is 0 Å². The van der Waals surface area contributed by atoms with E-state index in [9.17, 15) is 9.59 Å². The summed E-state index contributed by atoms with van der Waals surface area (Å²) in [6.45, 7) is 0.373. The summed E-state index contributed by atoms with van der Waals surface area (Å²) in [5.74, 6) is -0.247. The average molecular weight is 192 g/mol. The van der Waals surface area contributed by atoms with E-state index in [0.29, 0.717) is 18.7 Å². The molecule has 0 spiro atoms. The minimum atomic E-state index is -0.420. The molecule has 1 aliphatic rings. The van der Waals surface area contributed by atoms with E-state index in [0.717, 1.165) is 0 Å². The zero-order valence-electron chi connectivity index (χ0n) is 7.30. The first-order valence-corrected chi connectivity index (χ1v) is 4.14. The van der Waals surface area contributed by atoms with Crippen LogP contribution >= 0.6 is 0 Å². The molecule has 72 valence electrons. The lowest BCUT2D eigenvalue weighted by Crippen LogP contribution is -2.49. The van der Waals surface area contributed by atoms with Gasteiger partial charge < -0.3 is 0 Å². The number of aromatic nitrogens is 2. The Balaban J connectivity index is 2.20. The lowest BCUT2D eigenvalue weighted by Gasteiger charge is -2.25. The van der Waals surface area contributed by atoms with Crippen molar-refractivity contribution in [2.75, 3.05) is 11.4 Å². The Morgan fingerprint density at radius 1 is 1.29 bits per heavy atom. The highest BCUT2D eigenvalue weighted by molar-refractivity contribution is 6.05. The van der Waals surface area contributed by atoms with Crippen molar-refractivity contribution in [2.45, 2.75) is 6.42 Å². The van der Waals surface area contributed by atoms with Crippen molar-refractivity contribution in [3.05, 3.63) is 18.7 Å². The van der Waals surface area contributed by atoms with Gasteiger partial charge in [-0.3, -0.25) is 15.0 Å². The van der Waals surface area contributed by atoms with Crippen LogP contribution in [0.3, 0.4) is 0 Å². The van der Waals surface area contributed by atoms with Crippen molar-refractivity contribution in [1.82, 2.24) is 15.3 Å². The number of nitrogens with one attached hydrogen (secondary N) is 1. The third-order valence-electron chi connectivity index (χ3n) is 1.91. The molecular formula is C8H8N4O2. The van der Waals surface area contributed by atoms with Crippen LogP contribution < -0.4 is 10.2 Å². The molecule has 0 unspecified atom stereocenters. The molecule has 2 rings (SSSR count). The van der Waals surface area contributed by atoms with Crippen LogP contribution in [-0.2, 0) is 4.79 Å². The first-order chi connectivity index (χ1) is 6.77. The SMILES string of the molecule is O=C1CCN(c2cncnc2)C(=O)N1. The molecule has 0 aliphatic carbocycles. The van der Waals surface area contributed by atoms with Crippen LogP contribution in [0.4, 0.5) is 10.5 Å². The summed E-state index contributed by atoms with van der Waals surface area (Å²) in [5.41, 5.74) is 0.595. The van der Waals surface area contributed by atoms with E-state index in [1.165, 1.54) is 23.6 Å². The standard InChI is InChI=1S/C8H8N4O2/c13-7-1-2-12(8(14)11-7)6-3-9-5-10-4-6/h3-5H,1-2H2,(H,11,13,14). The Labute approximate surface area is 80.0 Å². The molecule has 6 nitrogen and oxygen atoms in total. The van der Waals surface area contributed by atoms with Crippen LogP contribution in [0.2, 0.25) is 0 Å². The topological polar surface area (TPSA) is 75.2 Å². The van der Waals surface area contributed by atoms with Gasteiger partial charge >= 0.3 is 6.03 Å². The van der Waals surface area contributed by atoms with Crippen LogP contribution in [0.25, 0.3) is 0 Å². The number of carbonyl (C=O) groups is 2. The predicted octanol–water partition coefficient (Wildman–Crippen LogP) is -0.0771. The first kappa shape index (κ1) is 8.61. The molecule has 1 aromatic heterocycles. The van der Waals surface area contributed by atoms with Gasteiger partial charge in [-0.2, -0.15) is 0 Å². The molecular weight excluding hydrogens is 184 g/mol. The number of imide groups is 1. The molecule has 0 bridgehead atoms. The largest absolute Gasteiger partial charge is 0.328 e. The van der Waals surface area contributed by atoms with Gasteiger partial charge in [0.1, 0.15) is 6.33 Å². The molecule has 0 aromatic carbocycles. The highest BCUT2D eigenvalue weighted by Crippen LogP contribution is 2.13. The Hall–Kier alpha value is -1.98. The quantitative estimate of drug-likeness (QED) is 0.675. The maximum absolute atomic E-state index is 11.3. The Bertz CT molecular complexity index is 365. The summed E-state index contributed by atoms with van der Waals surface area (Å²) in [6.07, 6.45) is 4.75. The Morgan fingerprint density at radius 3 is 2.64 bits per heavy atom. The maximum Gasteiger partial charge on any atom is 0.328 e. The second kappa shape index (κ2) is 3.41. The maximum atomic E-state index is 11.3. The lowest BCUT2D eigenvalue weighted by atomic mass is 10.3. The van der Waals surface area contributed by atoms with Crippen LogP contribution in [0, 0.1) is 0 Å². The molecule has 1 aromatic rings. The fourth-order valence-electron chi connectivity index (χ4n) is 1.24. The van der Waals surface area contributed by atoms with Gasteiger partial charge in [0.25, 0.3) is 0 Å². The van der Waals surface area contributed by atoms with Gasteiger partial charge in [-0.15, -0.1) is 0 Å². The van der Waals surface area contributed by atoms with E-state index >= 15 is 0 Å². The zero-order valence-corrected chi connectivity index (χ0v) is 7.30. The minimum Gasteiger partial charge on any atom is -0.291 e. The van der Waals surface area contributed by atoms with Crippen molar-refractivity contribution in [3.8, 4) is 0 Å². The van der Waals surface area contributed by atoms with Crippen LogP contribution in [0.15, 0.2) is 18.7 Å². The summed E-state index contributed by atoms with van der Waals surface area (Å²) in [4.78, 5) is 31.2. The van der Waals surface area contributed by atoms with Crippen molar-refractivity contribution in [2.24, 2.45) is 0 Å². The molecule has 0 saturated carbocycles. The number of amides is 3. The van der Waals surface area contributed by atoms with Crippen molar-refractivity contribution in [1.29, 1.82) is 0 Å². The summed E-state index contributed by atoms with van der Waals surface area (Å²) in [6, 6.07) is -0.420. The third-order valence-corrected chi connectivity index (χ3v) is 1.91. The van der Waals surface area contributed by atoms with Gasteiger partial charge in [0.2, 0.25) is 5.91 Å². The van der Waals surface area contributed by atoms with Gasteiger partial charge in [0, 0.05) is 13.0 Å². The molecule has 1 N–H and O–H groups in total. The number of nitrogens with zero attached hydrogens (tertiary/aromatic N) is 3. The van der Waals surface area contributed by atoms with E-state index in [1.807, 2.05) is 0 Å². The van der Waals surface area contributed by atoms with E-state index in [-0.39, 0.29) is 5.91 Å². The van der Waals surface area contributed by atoms with Gasteiger partial charge in [-0.25, -0.2) is 14.8 Å². The van der Waals surface area contributed by atoms with Crippen molar-refractivity contribution >= 4 is 17.6 Å². The van der Waals surface area contributed by atoms with Crippen molar-refractivity contribution < 1.29 is 9.59 Å². The molecule has 0 radical (unpaired) electrons. The van der Waals surface area contributed by atoms with Crippen molar-refractivity contribution in [3.63, 3.8) is 0 Å². The number of carbonyl (C=O) groups excluding carboxylic acids is 2. The van der Waals surface area contributed by atoms with Crippen LogP contribution in [0.5, 0.6) is 0 Å². The smallest absolute Gasteiger partial charge is 0.291 e.